The quantitative estimate of drug-likeness (QED) is 0.0266. The highest BCUT2D eigenvalue weighted by Gasteiger charge is 2.16. The van der Waals surface area contributed by atoms with E-state index in [0.29, 0.717) is 38.4 Å². The van der Waals surface area contributed by atoms with Gasteiger partial charge in [-0.3, -0.25) is 19.3 Å². The molecule has 1 aliphatic heterocycles. The first-order valence-electron chi connectivity index (χ1n) is 23.0. The smallest absolute Gasteiger partial charge is 0.306 e. The summed E-state index contributed by atoms with van der Waals surface area (Å²) in [7, 11) is 0. The molecule has 0 aromatic rings. The highest BCUT2D eigenvalue weighted by molar-refractivity contribution is 5.70. The van der Waals surface area contributed by atoms with E-state index < -0.39 is 0 Å². The third kappa shape index (κ3) is 32.5. The number of unbranched alkanes of at least 4 members (excludes halogenated alkanes) is 15. The Kier molecular flexibility index (Phi) is 34.9. The molecule has 1 aliphatic rings. The van der Waals surface area contributed by atoms with Crippen molar-refractivity contribution in [1.82, 2.24) is 4.90 Å². The van der Waals surface area contributed by atoms with Crippen LogP contribution in [0.1, 0.15) is 194 Å². The van der Waals surface area contributed by atoms with E-state index in [1.165, 1.54) is 19.3 Å². The van der Waals surface area contributed by atoms with Gasteiger partial charge < -0.3 is 18.9 Å². The van der Waals surface area contributed by atoms with Crippen LogP contribution >= 0.6 is 0 Å². The van der Waals surface area contributed by atoms with Crippen molar-refractivity contribution in [3.8, 4) is 0 Å². The molecule has 3 unspecified atom stereocenters. The molecule has 0 aliphatic carbocycles. The minimum absolute atomic E-state index is 0.00569. The summed E-state index contributed by atoms with van der Waals surface area (Å²) in [5.41, 5.74) is 8.25. The number of esters is 3. The molecule has 322 valence electrons. The molecule has 0 amide bonds. The van der Waals surface area contributed by atoms with E-state index in [2.05, 4.69) is 49.4 Å². The van der Waals surface area contributed by atoms with Crippen LogP contribution in [-0.2, 0) is 33.3 Å². The summed E-state index contributed by atoms with van der Waals surface area (Å²) in [6.45, 7) is 15.6. The van der Waals surface area contributed by atoms with Crippen LogP contribution in [0.2, 0.25) is 0 Å². The zero-order chi connectivity index (χ0) is 40.7. The van der Waals surface area contributed by atoms with Gasteiger partial charge in [-0.1, -0.05) is 129 Å². The summed E-state index contributed by atoms with van der Waals surface area (Å²) in [5, 5.41) is 0. The van der Waals surface area contributed by atoms with E-state index in [4.69, 9.17) is 18.9 Å². The maximum Gasteiger partial charge on any atom is 0.306 e. The maximum atomic E-state index is 12.8. The van der Waals surface area contributed by atoms with Crippen molar-refractivity contribution in [2.45, 2.75) is 200 Å². The minimum Gasteiger partial charge on any atom is -0.466 e. The Morgan fingerprint density at radius 3 is 1.79 bits per heavy atom. The van der Waals surface area contributed by atoms with E-state index in [1.54, 1.807) is 0 Å². The second-order valence-corrected chi connectivity index (χ2v) is 16.2. The van der Waals surface area contributed by atoms with Gasteiger partial charge in [-0.05, 0) is 94.6 Å². The molecule has 0 aromatic heterocycles. The van der Waals surface area contributed by atoms with Gasteiger partial charge in [0, 0.05) is 25.9 Å². The number of hydrogen-bond acceptors (Lipinski definition) is 8. The van der Waals surface area contributed by atoms with Gasteiger partial charge in [0.15, 0.2) is 0 Å². The van der Waals surface area contributed by atoms with Crippen molar-refractivity contribution in [1.29, 1.82) is 0 Å². The number of hydrogen-bond donors (Lipinski definition) is 0. The van der Waals surface area contributed by atoms with E-state index in [9.17, 15) is 14.4 Å². The van der Waals surface area contributed by atoms with Gasteiger partial charge in [-0.25, -0.2) is 0 Å². The van der Waals surface area contributed by atoms with E-state index in [-0.39, 0.29) is 29.9 Å². The molecule has 3 atom stereocenters. The third-order valence-electron chi connectivity index (χ3n) is 10.8. The Morgan fingerprint density at radius 2 is 1.20 bits per heavy atom. The Balaban J connectivity index is 2.30. The molecule has 0 N–H and O–H groups in total. The number of morpholine rings is 1. The Labute approximate surface area is 343 Å². The maximum absolute atomic E-state index is 12.8. The van der Waals surface area contributed by atoms with Crippen LogP contribution in [-0.4, -0.2) is 75.0 Å². The molecule has 8 nitrogen and oxygen atoms in total. The van der Waals surface area contributed by atoms with Crippen molar-refractivity contribution in [2.24, 2.45) is 11.8 Å². The van der Waals surface area contributed by atoms with Gasteiger partial charge in [0.2, 0.25) is 0 Å². The van der Waals surface area contributed by atoms with Crippen molar-refractivity contribution in [3.05, 3.63) is 29.8 Å². The Bertz CT molecular complexity index is 1100. The number of nitrogens with zero attached hydrogens (tertiary/aromatic N) is 1. The van der Waals surface area contributed by atoms with Crippen LogP contribution in [0, 0.1) is 11.8 Å². The average Bonchev–Trinajstić information content (AvgIpc) is 3.18. The molecule has 0 bridgehead atoms. The van der Waals surface area contributed by atoms with Crippen molar-refractivity contribution < 1.29 is 33.3 Å². The summed E-state index contributed by atoms with van der Waals surface area (Å²) >= 11 is 0. The predicted octanol–water partition coefficient (Wildman–Crippen LogP) is 11.8. The van der Waals surface area contributed by atoms with Crippen LogP contribution in [0.3, 0.4) is 0 Å². The average molecular weight is 786 g/mol. The molecule has 1 rings (SSSR count). The predicted molar refractivity (Wildman–Crippen MR) is 228 cm³/mol. The molecule has 1 saturated heterocycles. The molecule has 0 spiro atoms. The lowest BCUT2D eigenvalue weighted by Gasteiger charge is -2.26. The van der Waals surface area contributed by atoms with Gasteiger partial charge in [0.1, 0.15) is 6.10 Å². The molecule has 56 heavy (non-hydrogen) atoms. The zero-order valence-electron chi connectivity index (χ0n) is 36.4. The fourth-order valence-electron chi connectivity index (χ4n) is 7.24. The highest BCUT2D eigenvalue weighted by atomic mass is 16.5. The zero-order valence-corrected chi connectivity index (χ0v) is 36.4. The van der Waals surface area contributed by atoms with E-state index in [0.717, 1.165) is 168 Å². The lowest BCUT2D eigenvalue weighted by molar-refractivity contribution is -0.150. The fraction of sp³-hybridized carbons (Fsp3) is 0.833. The molecule has 1 heterocycles. The first-order valence-corrected chi connectivity index (χ1v) is 23.0. The van der Waals surface area contributed by atoms with E-state index >= 15 is 0 Å². The second-order valence-electron chi connectivity index (χ2n) is 16.2. The third-order valence-corrected chi connectivity index (χ3v) is 10.8. The van der Waals surface area contributed by atoms with Gasteiger partial charge >= 0.3 is 17.9 Å². The number of ether oxygens (including phenoxy) is 4. The lowest BCUT2D eigenvalue weighted by atomic mass is 9.98. The Morgan fingerprint density at radius 1 is 0.661 bits per heavy atom. The normalized spacial score (nSPS) is 14.5. The van der Waals surface area contributed by atoms with Crippen molar-refractivity contribution >= 4 is 17.9 Å². The van der Waals surface area contributed by atoms with Crippen LogP contribution in [0.25, 0.3) is 0 Å². The van der Waals surface area contributed by atoms with E-state index in [1.807, 2.05) is 6.08 Å². The molecular weight excluding hydrogens is 703 g/mol. The molecule has 0 radical (unpaired) electrons. The number of carbonyl (C=O) groups excluding carboxylic acids is 3. The van der Waals surface area contributed by atoms with Crippen LogP contribution in [0.5, 0.6) is 0 Å². The standard InChI is InChI=1S/C48H83NO7/c1-5-8-19-28-43(4)41-47(51)54-37-26-17-13-11-15-22-31-45(56-46(50)33-24-25-34-49-35-39-53-40-36-49)32-23-16-12-14-18-27-38-55-48(52)42-44(29-20-9-6-2)30-21-10-7-3/h29,43-45H,2,5,7-8,10-19,21-28,30-42H2,1,3-4H3. The van der Waals surface area contributed by atoms with Crippen LogP contribution in [0.15, 0.2) is 29.8 Å². The summed E-state index contributed by atoms with van der Waals surface area (Å²) in [4.78, 5) is 39.8. The van der Waals surface area contributed by atoms with Gasteiger partial charge in [0.25, 0.3) is 0 Å². The Hall–Kier alpha value is -2.59. The van der Waals surface area contributed by atoms with Crippen molar-refractivity contribution in [3.63, 3.8) is 0 Å². The first kappa shape index (κ1) is 51.4. The van der Waals surface area contributed by atoms with Gasteiger partial charge in [0.05, 0.1) is 32.8 Å². The van der Waals surface area contributed by atoms with Crippen LogP contribution < -0.4 is 0 Å². The lowest BCUT2D eigenvalue weighted by Crippen LogP contribution is -2.36. The van der Waals surface area contributed by atoms with Crippen molar-refractivity contribution in [2.75, 3.05) is 46.1 Å². The molecule has 8 heteroatoms. The highest BCUT2D eigenvalue weighted by Crippen LogP contribution is 2.20. The van der Waals surface area contributed by atoms with Crippen LogP contribution in [0.4, 0.5) is 0 Å². The molecule has 0 saturated carbocycles. The number of rotatable bonds is 37. The topological polar surface area (TPSA) is 91.4 Å². The molecular formula is C48H83NO7. The van der Waals surface area contributed by atoms with Gasteiger partial charge in [-0.15, -0.1) is 0 Å². The van der Waals surface area contributed by atoms with Gasteiger partial charge in [-0.2, -0.15) is 0 Å². The SMILES string of the molecule is C=C=C=C=CC(CCCCC)CC(=O)OCCCCCCCCC(CCCCCCCCOC(=O)CC(C)CCCCC)OC(=O)CCCCN1CCOCC1. The molecule has 0 aromatic carbocycles. The largest absolute Gasteiger partial charge is 0.466 e. The first-order chi connectivity index (χ1) is 27.4. The number of allylic oxidation sites excluding steroid dienone is 1. The summed E-state index contributed by atoms with van der Waals surface area (Å²) < 4.78 is 22.5. The number of carbonyl (C=O) groups is 3. The second kappa shape index (κ2) is 38.0. The summed E-state index contributed by atoms with van der Waals surface area (Å²) in [6.07, 6.45) is 29.0. The fourth-order valence-corrected chi connectivity index (χ4v) is 7.24. The summed E-state index contributed by atoms with van der Waals surface area (Å²) in [5.74, 6) is 0.285. The summed E-state index contributed by atoms with van der Waals surface area (Å²) in [6, 6.07) is 0. The minimum atomic E-state index is -0.138. The molecule has 1 fully saturated rings. The monoisotopic (exact) mass is 786 g/mol.